The van der Waals surface area contributed by atoms with E-state index in [1.165, 1.54) is 12.1 Å². The smallest absolute Gasteiger partial charge is 0.416 e. The molecule has 0 spiro atoms. The molecule has 1 saturated heterocycles. The highest BCUT2D eigenvalue weighted by Gasteiger charge is 2.32. The van der Waals surface area contributed by atoms with E-state index in [4.69, 9.17) is 4.74 Å². The van der Waals surface area contributed by atoms with E-state index >= 15 is 0 Å². The van der Waals surface area contributed by atoms with Crippen molar-refractivity contribution in [2.45, 2.75) is 45.5 Å². The SMILES string of the molecule is CC1CN(c2nnc(-c3ccc(C(F)(F)F)cc3)c3ccccc23)CCN1C(=O)OC(C)(C)C. The number of hydrogen-bond acceptors (Lipinski definition) is 5. The number of halogens is 3. The number of alkyl halides is 3. The lowest BCUT2D eigenvalue weighted by Gasteiger charge is -2.40. The van der Waals surface area contributed by atoms with Gasteiger partial charge in [0.05, 0.1) is 5.56 Å². The van der Waals surface area contributed by atoms with Gasteiger partial charge in [-0.15, -0.1) is 10.2 Å². The number of piperazine rings is 1. The van der Waals surface area contributed by atoms with Gasteiger partial charge in [-0.3, -0.25) is 0 Å². The van der Waals surface area contributed by atoms with Crippen molar-refractivity contribution < 1.29 is 22.7 Å². The van der Waals surface area contributed by atoms with Crippen LogP contribution in [0.4, 0.5) is 23.8 Å². The number of aromatic nitrogens is 2. The summed E-state index contributed by atoms with van der Waals surface area (Å²) < 4.78 is 44.4. The molecule has 180 valence electrons. The first-order valence-corrected chi connectivity index (χ1v) is 11.1. The quantitative estimate of drug-likeness (QED) is 0.475. The molecule has 6 nitrogen and oxygen atoms in total. The van der Waals surface area contributed by atoms with Gasteiger partial charge in [0.2, 0.25) is 0 Å². The molecule has 9 heteroatoms. The Hall–Kier alpha value is -3.36. The zero-order chi connectivity index (χ0) is 24.7. The van der Waals surface area contributed by atoms with Crippen LogP contribution in [0.5, 0.6) is 0 Å². The third kappa shape index (κ3) is 4.93. The number of benzene rings is 2. The number of amides is 1. The molecule has 0 aliphatic carbocycles. The summed E-state index contributed by atoms with van der Waals surface area (Å²) in [5, 5.41) is 10.5. The Kier molecular flexibility index (Phi) is 6.14. The molecule has 1 amide bonds. The molecule has 1 aliphatic rings. The van der Waals surface area contributed by atoms with Gasteiger partial charge in [-0.1, -0.05) is 36.4 Å². The fourth-order valence-electron chi connectivity index (χ4n) is 4.10. The average molecular weight is 473 g/mol. The number of fused-ring (bicyclic) bond motifs is 1. The van der Waals surface area contributed by atoms with E-state index in [1.54, 1.807) is 4.90 Å². The Morgan fingerprint density at radius 2 is 1.62 bits per heavy atom. The third-order valence-corrected chi connectivity index (χ3v) is 5.71. The summed E-state index contributed by atoms with van der Waals surface area (Å²) in [5.74, 6) is 0.682. The minimum Gasteiger partial charge on any atom is -0.444 e. The fourth-order valence-corrected chi connectivity index (χ4v) is 4.10. The summed E-state index contributed by atoms with van der Waals surface area (Å²) in [7, 11) is 0. The first kappa shape index (κ1) is 23.8. The number of carbonyl (C=O) groups excluding carboxylic acids is 1. The first-order valence-electron chi connectivity index (χ1n) is 11.1. The van der Waals surface area contributed by atoms with E-state index in [-0.39, 0.29) is 12.1 Å². The van der Waals surface area contributed by atoms with Crippen LogP contribution in [0, 0.1) is 0 Å². The Balaban J connectivity index is 1.62. The van der Waals surface area contributed by atoms with Gasteiger partial charge >= 0.3 is 12.3 Å². The topological polar surface area (TPSA) is 58.6 Å². The normalized spacial score (nSPS) is 17.2. The fraction of sp³-hybridized carbons (Fsp3) is 0.400. The van der Waals surface area contributed by atoms with Crippen molar-refractivity contribution in [3.8, 4) is 11.3 Å². The molecule has 0 N–H and O–H groups in total. The van der Waals surface area contributed by atoms with E-state index in [2.05, 4.69) is 15.1 Å². The molecule has 1 atom stereocenters. The van der Waals surface area contributed by atoms with Crippen molar-refractivity contribution in [2.24, 2.45) is 0 Å². The molecule has 2 heterocycles. The second-order valence-corrected chi connectivity index (χ2v) is 9.46. The van der Waals surface area contributed by atoms with Gasteiger partial charge in [0.25, 0.3) is 0 Å². The van der Waals surface area contributed by atoms with Crippen molar-refractivity contribution in [3.05, 3.63) is 54.1 Å². The number of hydrogen-bond donors (Lipinski definition) is 0. The van der Waals surface area contributed by atoms with Crippen LogP contribution in [0.1, 0.15) is 33.3 Å². The van der Waals surface area contributed by atoms with E-state index in [1.807, 2.05) is 52.0 Å². The van der Waals surface area contributed by atoms with Crippen molar-refractivity contribution in [3.63, 3.8) is 0 Å². The highest BCUT2D eigenvalue weighted by molar-refractivity contribution is 6.00. The highest BCUT2D eigenvalue weighted by atomic mass is 19.4. The molecule has 4 rings (SSSR count). The van der Waals surface area contributed by atoms with Crippen LogP contribution in [0.15, 0.2) is 48.5 Å². The molecule has 1 aromatic heterocycles. The van der Waals surface area contributed by atoms with Gasteiger partial charge in [-0.2, -0.15) is 13.2 Å². The number of anilines is 1. The molecule has 0 saturated carbocycles. The summed E-state index contributed by atoms with van der Waals surface area (Å²) in [6.45, 7) is 9.07. The van der Waals surface area contributed by atoms with Crippen LogP contribution >= 0.6 is 0 Å². The summed E-state index contributed by atoms with van der Waals surface area (Å²) in [6.07, 6.45) is -4.73. The number of rotatable bonds is 2. The molecule has 3 aromatic rings. The zero-order valence-corrected chi connectivity index (χ0v) is 19.6. The minimum atomic E-state index is -4.39. The van der Waals surface area contributed by atoms with Crippen LogP contribution in [-0.4, -0.2) is 52.5 Å². The largest absolute Gasteiger partial charge is 0.444 e. The molecule has 0 radical (unpaired) electrons. The van der Waals surface area contributed by atoms with Crippen LogP contribution in [0.3, 0.4) is 0 Å². The van der Waals surface area contributed by atoms with Crippen LogP contribution in [-0.2, 0) is 10.9 Å². The monoisotopic (exact) mass is 472 g/mol. The van der Waals surface area contributed by atoms with E-state index < -0.39 is 17.3 Å². The third-order valence-electron chi connectivity index (χ3n) is 5.71. The van der Waals surface area contributed by atoms with Gasteiger partial charge in [-0.25, -0.2) is 4.79 Å². The molecule has 1 fully saturated rings. The molecule has 1 aliphatic heterocycles. The van der Waals surface area contributed by atoms with Gasteiger partial charge in [0.1, 0.15) is 11.3 Å². The second kappa shape index (κ2) is 8.77. The van der Waals surface area contributed by atoms with Crippen molar-refractivity contribution in [2.75, 3.05) is 24.5 Å². The summed E-state index contributed by atoms with van der Waals surface area (Å²) in [5.41, 5.74) is -0.189. The molecule has 0 bridgehead atoms. The zero-order valence-electron chi connectivity index (χ0n) is 19.6. The molecule has 34 heavy (non-hydrogen) atoms. The van der Waals surface area contributed by atoms with Gasteiger partial charge in [0.15, 0.2) is 5.82 Å². The summed E-state index contributed by atoms with van der Waals surface area (Å²) in [4.78, 5) is 16.4. The maximum Gasteiger partial charge on any atom is 0.416 e. The van der Waals surface area contributed by atoms with E-state index in [9.17, 15) is 18.0 Å². The maximum absolute atomic E-state index is 13.0. The minimum absolute atomic E-state index is 0.0984. The van der Waals surface area contributed by atoms with E-state index in [0.717, 1.165) is 22.9 Å². The van der Waals surface area contributed by atoms with Crippen molar-refractivity contribution in [1.82, 2.24) is 15.1 Å². The Morgan fingerprint density at radius 1 is 0.971 bits per heavy atom. The molecule has 2 aromatic carbocycles. The predicted molar refractivity (Wildman–Crippen MR) is 125 cm³/mol. The van der Waals surface area contributed by atoms with Crippen molar-refractivity contribution >= 4 is 22.7 Å². The summed E-state index contributed by atoms with van der Waals surface area (Å²) >= 11 is 0. The predicted octanol–water partition coefficient (Wildman–Crippen LogP) is 5.76. The van der Waals surface area contributed by atoms with Crippen molar-refractivity contribution in [1.29, 1.82) is 0 Å². The van der Waals surface area contributed by atoms with Gasteiger partial charge in [0, 0.05) is 42.0 Å². The van der Waals surface area contributed by atoms with Gasteiger partial charge < -0.3 is 14.5 Å². The molecular formula is C25H27F3N4O2. The number of nitrogens with zero attached hydrogens (tertiary/aromatic N) is 4. The average Bonchev–Trinajstić information content (AvgIpc) is 2.76. The lowest BCUT2D eigenvalue weighted by Crippen LogP contribution is -2.55. The van der Waals surface area contributed by atoms with E-state index in [0.29, 0.717) is 36.7 Å². The Morgan fingerprint density at radius 3 is 2.21 bits per heavy atom. The Labute approximate surface area is 196 Å². The molecule has 1 unspecified atom stereocenters. The maximum atomic E-state index is 13.0. The van der Waals surface area contributed by atoms with Crippen LogP contribution < -0.4 is 4.90 Å². The Bertz CT molecular complexity index is 1190. The van der Waals surface area contributed by atoms with Crippen LogP contribution in [0.25, 0.3) is 22.0 Å². The molecular weight excluding hydrogens is 445 g/mol. The van der Waals surface area contributed by atoms with Crippen LogP contribution in [0.2, 0.25) is 0 Å². The lowest BCUT2D eigenvalue weighted by molar-refractivity contribution is -0.137. The number of ether oxygens (including phenoxy) is 1. The second-order valence-electron chi connectivity index (χ2n) is 9.46. The summed E-state index contributed by atoms with van der Waals surface area (Å²) in [6, 6.07) is 12.4. The van der Waals surface area contributed by atoms with Gasteiger partial charge in [-0.05, 0) is 39.8 Å². The first-order chi connectivity index (χ1) is 15.9. The highest BCUT2D eigenvalue weighted by Crippen LogP contribution is 2.34. The number of carbonyl (C=O) groups is 1. The standard InChI is InChI=1S/C25H27F3N4O2/c1-16-15-31(13-14-32(16)23(33)34-24(2,3)4)22-20-8-6-5-7-19(20)21(29-30-22)17-9-11-18(12-10-17)25(26,27)28/h5-12,16H,13-15H2,1-4H3. The lowest BCUT2D eigenvalue weighted by atomic mass is 10.0.